The van der Waals surface area contributed by atoms with Crippen LogP contribution in [0.2, 0.25) is 0 Å². The molecule has 1 aliphatic rings. The molecule has 3 aromatic carbocycles. The highest BCUT2D eigenvalue weighted by molar-refractivity contribution is 5.95. The van der Waals surface area contributed by atoms with Crippen LogP contribution in [0.15, 0.2) is 78.9 Å². The van der Waals surface area contributed by atoms with Crippen molar-refractivity contribution < 1.29 is 22.4 Å². The van der Waals surface area contributed by atoms with E-state index in [1.807, 2.05) is 40.1 Å². The van der Waals surface area contributed by atoms with Crippen LogP contribution in [0.5, 0.6) is 0 Å². The number of piperazine rings is 1. The highest BCUT2D eigenvalue weighted by Gasteiger charge is 2.33. The molecule has 1 atom stereocenters. The minimum Gasteiger partial charge on any atom is -0.369 e. The fraction of sp³-hybridized carbons (Fsp3) is 0.240. The van der Waals surface area contributed by atoms with Gasteiger partial charge in [0.2, 0.25) is 5.91 Å². The second-order valence-corrected chi connectivity index (χ2v) is 7.88. The highest BCUT2D eigenvalue weighted by atomic mass is 19.4. The van der Waals surface area contributed by atoms with Gasteiger partial charge < -0.3 is 10.2 Å². The molecule has 1 fully saturated rings. The molecule has 1 amide bonds. The van der Waals surface area contributed by atoms with Crippen LogP contribution < -0.4 is 10.2 Å². The zero-order valence-corrected chi connectivity index (χ0v) is 17.7. The van der Waals surface area contributed by atoms with Gasteiger partial charge in [-0.1, -0.05) is 36.4 Å². The van der Waals surface area contributed by atoms with Crippen molar-refractivity contribution in [2.75, 3.05) is 36.4 Å². The average Bonchev–Trinajstić information content (AvgIpc) is 2.81. The number of carbonyl (C=O) groups excluding carboxylic acids is 1. The van der Waals surface area contributed by atoms with Gasteiger partial charge in [0.05, 0.1) is 5.56 Å². The third-order valence-corrected chi connectivity index (χ3v) is 5.69. The largest absolute Gasteiger partial charge is 0.416 e. The van der Waals surface area contributed by atoms with Crippen LogP contribution in [0.1, 0.15) is 17.2 Å². The van der Waals surface area contributed by atoms with Crippen molar-refractivity contribution >= 4 is 17.3 Å². The molecule has 172 valence electrons. The number of hydrogen-bond acceptors (Lipinski definition) is 3. The highest BCUT2D eigenvalue weighted by Crippen LogP contribution is 2.32. The first-order valence-electron chi connectivity index (χ1n) is 10.6. The topological polar surface area (TPSA) is 35.6 Å². The van der Waals surface area contributed by atoms with Crippen molar-refractivity contribution in [2.24, 2.45) is 0 Å². The Balaban J connectivity index is 1.50. The van der Waals surface area contributed by atoms with E-state index < -0.39 is 23.6 Å². The molecule has 8 heteroatoms. The molecule has 1 aliphatic heterocycles. The van der Waals surface area contributed by atoms with Gasteiger partial charge in [0, 0.05) is 37.6 Å². The molecule has 0 spiro atoms. The Bertz CT molecular complexity index is 1080. The number of nitrogens with zero attached hydrogens (tertiary/aromatic N) is 2. The SMILES string of the molecule is O=C(Nc1ccc(F)cc1)[C@@H](c1ccccc1)N1CCN(c2cccc(C(F)(F)F)c2)CC1. The van der Waals surface area contributed by atoms with Gasteiger partial charge in [0.15, 0.2) is 0 Å². The fourth-order valence-corrected chi connectivity index (χ4v) is 4.02. The number of amides is 1. The minimum absolute atomic E-state index is 0.250. The summed E-state index contributed by atoms with van der Waals surface area (Å²) in [5.74, 6) is -0.640. The number of alkyl halides is 3. The van der Waals surface area contributed by atoms with Crippen molar-refractivity contribution in [3.63, 3.8) is 0 Å². The van der Waals surface area contributed by atoms with E-state index in [1.165, 1.54) is 30.3 Å². The third-order valence-electron chi connectivity index (χ3n) is 5.69. The number of nitrogens with one attached hydrogen (secondary N) is 1. The van der Waals surface area contributed by atoms with E-state index in [-0.39, 0.29) is 5.91 Å². The van der Waals surface area contributed by atoms with E-state index in [4.69, 9.17) is 0 Å². The first-order valence-corrected chi connectivity index (χ1v) is 10.6. The fourth-order valence-electron chi connectivity index (χ4n) is 4.02. The molecule has 33 heavy (non-hydrogen) atoms. The van der Waals surface area contributed by atoms with Crippen LogP contribution >= 0.6 is 0 Å². The Labute approximate surface area is 189 Å². The lowest BCUT2D eigenvalue weighted by molar-refractivity contribution is -0.137. The molecule has 0 saturated carbocycles. The molecule has 4 rings (SSSR count). The van der Waals surface area contributed by atoms with Gasteiger partial charge in [-0.25, -0.2) is 4.39 Å². The standard InChI is InChI=1S/C25H23F4N3O/c26-20-9-11-21(12-10-20)30-24(33)23(18-5-2-1-3-6-18)32-15-13-31(14-16-32)22-8-4-7-19(17-22)25(27,28)29/h1-12,17,23H,13-16H2,(H,30,33)/t23-/m1/s1. The van der Waals surface area contributed by atoms with Crippen LogP contribution in [0.4, 0.5) is 28.9 Å². The Morgan fingerprint density at radius 2 is 1.52 bits per heavy atom. The van der Waals surface area contributed by atoms with E-state index in [1.54, 1.807) is 6.07 Å². The molecular formula is C25H23F4N3O. The van der Waals surface area contributed by atoms with Crippen molar-refractivity contribution in [1.29, 1.82) is 0 Å². The molecule has 1 saturated heterocycles. The third kappa shape index (κ3) is 5.51. The van der Waals surface area contributed by atoms with Crippen molar-refractivity contribution in [2.45, 2.75) is 12.2 Å². The predicted octanol–water partition coefficient (Wildman–Crippen LogP) is 5.35. The molecule has 0 bridgehead atoms. The zero-order chi connectivity index (χ0) is 23.4. The van der Waals surface area contributed by atoms with Crippen LogP contribution in [-0.2, 0) is 11.0 Å². The van der Waals surface area contributed by atoms with Gasteiger partial charge in [0.1, 0.15) is 11.9 Å². The summed E-state index contributed by atoms with van der Waals surface area (Å²) in [5.41, 5.74) is 1.13. The van der Waals surface area contributed by atoms with Gasteiger partial charge in [-0.05, 0) is 48.0 Å². The van der Waals surface area contributed by atoms with Crippen molar-refractivity contribution in [3.8, 4) is 0 Å². The number of hydrogen-bond donors (Lipinski definition) is 1. The maximum atomic E-state index is 13.2. The summed E-state index contributed by atoms with van der Waals surface area (Å²) in [7, 11) is 0. The molecular weight excluding hydrogens is 434 g/mol. The molecule has 4 nitrogen and oxygen atoms in total. The Morgan fingerprint density at radius 1 is 0.848 bits per heavy atom. The number of benzene rings is 3. The maximum Gasteiger partial charge on any atom is 0.416 e. The second kappa shape index (κ2) is 9.62. The van der Waals surface area contributed by atoms with Crippen LogP contribution in [-0.4, -0.2) is 37.0 Å². The monoisotopic (exact) mass is 457 g/mol. The van der Waals surface area contributed by atoms with E-state index >= 15 is 0 Å². The van der Waals surface area contributed by atoms with Gasteiger partial charge in [-0.3, -0.25) is 9.69 Å². The van der Waals surface area contributed by atoms with Gasteiger partial charge in [-0.2, -0.15) is 13.2 Å². The minimum atomic E-state index is -4.39. The summed E-state index contributed by atoms with van der Waals surface area (Å²) >= 11 is 0. The van der Waals surface area contributed by atoms with E-state index in [0.29, 0.717) is 37.6 Å². The average molecular weight is 457 g/mol. The van der Waals surface area contributed by atoms with E-state index in [9.17, 15) is 22.4 Å². The number of carbonyl (C=O) groups is 1. The molecule has 0 aromatic heterocycles. The summed E-state index contributed by atoms with van der Waals surface area (Å²) in [4.78, 5) is 17.1. The number of anilines is 2. The van der Waals surface area contributed by atoms with Crippen LogP contribution in [0, 0.1) is 5.82 Å². The molecule has 1 heterocycles. The van der Waals surface area contributed by atoms with Crippen molar-refractivity contribution in [3.05, 3.63) is 95.8 Å². The second-order valence-electron chi connectivity index (χ2n) is 7.88. The molecule has 0 radical (unpaired) electrons. The number of halogens is 4. The summed E-state index contributed by atoms with van der Waals surface area (Å²) in [6.45, 7) is 1.95. The van der Waals surface area contributed by atoms with E-state index in [2.05, 4.69) is 5.32 Å². The molecule has 1 N–H and O–H groups in total. The lowest BCUT2D eigenvalue weighted by Gasteiger charge is -2.40. The summed E-state index contributed by atoms with van der Waals surface area (Å²) in [6, 6.07) is 19.6. The number of rotatable bonds is 5. The lowest BCUT2D eigenvalue weighted by atomic mass is 10.0. The van der Waals surface area contributed by atoms with Gasteiger partial charge in [0.25, 0.3) is 0 Å². The Kier molecular flexibility index (Phi) is 6.65. The maximum absolute atomic E-state index is 13.2. The molecule has 0 aliphatic carbocycles. The first-order chi connectivity index (χ1) is 15.8. The quantitative estimate of drug-likeness (QED) is 0.525. The van der Waals surface area contributed by atoms with Crippen molar-refractivity contribution in [1.82, 2.24) is 4.90 Å². The van der Waals surface area contributed by atoms with Gasteiger partial charge in [-0.15, -0.1) is 0 Å². The summed E-state index contributed by atoms with van der Waals surface area (Å²) < 4.78 is 52.5. The van der Waals surface area contributed by atoms with Crippen LogP contribution in [0.3, 0.4) is 0 Å². The predicted molar refractivity (Wildman–Crippen MR) is 119 cm³/mol. The normalized spacial score (nSPS) is 15.8. The summed E-state index contributed by atoms with van der Waals surface area (Å²) in [5, 5.41) is 2.85. The smallest absolute Gasteiger partial charge is 0.369 e. The summed E-state index contributed by atoms with van der Waals surface area (Å²) in [6.07, 6.45) is -4.39. The Morgan fingerprint density at radius 3 is 2.15 bits per heavy atom. The lowest BCUT2D eigenvalue weighted by Crippen LogP contribution is -2.50. The van der Waals surface area contributed by atoms with Gasteiger partial charge >= 0.3 is 6.18 Å². The molecule has 0 unspecified atom stereocenters. The van der Waals surface area contributed by atoms with E-state index in [0.717, 1.165) is 17.7 Å². The first kappa shape index (κ1) is 22.8. The Hall–Kier alpha value is -3.39. The molecule has 3 aromatic rings. The van der Waals surface area contributed by atoms with Crippen LogP contribution in [0.25, 0.3) is 0 Å². The zero-order valence-electron chi connectivity index (χ0n) is 17.7.